The number of nitrogens with zero attached hydrogens (tertiary/aromatic N) is 2. The van der Waals surface area contributed by atoms with Crippen molar-refractivity contribution in [1.29, 1.82) is 5.26 Å². The molecule has 0 radical (unpaired) electrons. The SMILES string of the molecule is CC(C)(CC(=O)O)Nc1nc2ccccc2cc1C#N. The number of rotatable bonds is 4. The second-order valence-electron chi connectivity index (χ2n) is 5.27. The number of benzene rings is 1. The van der Waals surface area contributed by atoms with Crippen molar-refractivity contribution < 1.29 is 9.90 Å². The van der Waals surface area contributed by atoms with Crippen LogP contribution < -0.4 is 5.32 Å². The molecular weight excluding hydrogens is 254 g/mol. The van der Waals surface area contributed by atoms with Gasteiger partial charge in [0.25, 0.3) is 0 Å². The number of hydrogen-bond acceptors (Lipinski definition) is 4. The molecule has 1 aromatic heterocycles. The summed E-state index contributed by atoms with van der Waals surface area (Å²) in [6.07, 6.45) is -0.0631. The zero-order valence-corrected chi connectivity index (χ0v) is 11.3. The molecule has 0 saturated heterocycles. The van der Waals surface area contributed by atoms with Crippen molar-refractivity contribution in [2.45, 2.75) is 25.8 Å². The van der Waals surface area contributed by atoms with Gasteiger partial charge >= 0.3 is 5.97 Å². The van der Waals surface area contributed by atoms with Crippen LogP contribution in [0.3, 0.4) is 0 Å². The first-order chi connectivity index (χ1) is 9.41. The van der Waals surface area contributed by atoms with Crippen LogP contribution in [0.4, 0.5) is 5.82 Å². The Hall–Kier alpha value is -2.61. The van der Waals surface area contributed by atoms with E-state index >= 15 is 0 Å². The Bertz CT molecular complexity index is 702. The number of aliphatic carboxylic acids is 1. The maximum atomic E-state index is 10.8. The van der Waals surface area contributed by atoms with Crippen LogP contribution in [0.5, 0.6) is 0 Å². The van der Waals surface area contributed by atoms with Crippen molar-refractivity contribution >= 4 is 22.7 Å². The van der Waals surface area contributed by atoms with Crippen LogP contribution in [0.15, 0.2) is 30.3 Å². The maximum absolute atomic E-state index is 10.8. The fourth-order valence-electron chi connectivity index (χ4n) is 2.04. The first-order valence-electron chi connectivity index (χ1n) is 6.21. The minimum atomic E-state index is -0.901. The van der Waals surface area contributed by atoms with Gasteiger partial charge in [-0.25, -0.2) is 4.98 Å². The highest BCUT2D eigenvalue weighted by Crippen LogP contribution is 2.23. The molecule has 0 atom stereocenters. The van der Waals surface area contributed by atoms with E-state index in [1.165, 1.54) is 0 Å². The molecule has 0 spiro atoms. The van der Waals surface area contributed by atoms with Crippen LogP contribution in [-0.4, -0.2) is 21.6 Å². The molecule has 20 heavy (non-hydrogen) atoms. The predicted octanol–water partition coefficient (Wildman–Crippen LogP) is 2.77. The molecule has 5 nitrogen and oxygen atoms in total. The number of carboxylic acid groups (broad SMARTS) is 1. The van der Waals surface area contributed by atoms with Gasteiger partial charge in [0.1, 0.15) is 11.9 Å². The third kappa shape index (κ3) is 3.04. The summed E-state index contributed by atoms with van der Waals surface area (Å²) in [5, 5.41) is 22.0. The number of aromatic nitrogens is 1. The Morgan fingerprint density at radius 3 is 2.80 bits per heavy atom. The Morgan fingerprint density at radius 1 is 1.45 bits per heavy atom. The molecule has 1 aromatic carbocycles. The summed E-state index contributed by atoms with van der Waals surface area (Å²) in [7, 11) is 0. The largest absolute Gasteiger partial charge is 0.481 e. The van der Waals surface area contributed by atoms with Gasteiger partial charge in [-0.1, -0.05) is 18.2 Å². The molecule has 0 saturated carbocycles. The molecule has 0 aliphatic rings. The monoisotopic (exact) mass is 269 g/mol. The van der Waals surface area contributed by atoms with E-state index in [1.807, 2.05) is 24.3 Å². The highest BCUT2D eigenvalue weighted by Gasteiger charge is 2.23. The summed E-state index contributed by atoms with van der Waals surface area (Å²) < 4.78 is 0. The van der Waals surface area contributed by atoms with Gasteiger partial charge in [-0.3, -0.25) is 4.79 Å². The fraction of sp³-hybridized carbons (Fsp3) is 0.267. The second kappa shape index (κ2) is 5.17. The van der Waals surface area contributed by atoms with E-state index in [4.69, 9.17) is 5.11 Å². The Labute approximate surface area is 116 Å². The summed E-state index contributed by atoms with van der Waals surface area (Å²) >= 11 is 0. The Morgan fingerprint density at radius 2 is 2.15 bits per heavy atom. The highest BCUT2D eigenvalue weighted by atomic mass is 16.4. The number of fused-ring (bicyclic) bond motifs is 1. The van der Waals surface area contributed by atoms with Gasteiger partial charge in [0, 0.05) is 10.9 Å². The van der Waals surface area contributed by atoms with E-state index in [1.54, 1.807) is 19.9 Å². The average molecular weight is 269 g/mol. The van der Waals surface area contributed by atoms with Crippen molar-refractivity contribution in [2.75, 3.05) is 5.32 Å². The molecule has 0 amide bonds. The van der Waals surface area contributed by atoms with Gasteiger partial charge in [0.2, 0.25) is 0 Å². The molecule has 0 bridgehead atoms. The molecule has 0 aliphatic carbocycles. The minimum absolute atomic E-state index is 0.0631. The lowest BCUT2D eigenvalue weighted by atomic mass is 10.0. The lowest BCUT2D eigenvalue weighted by molar-refractivity contribution is -0.137. The Kier molecular flexibility index (Phi) is 3.57. The number of para-hydroxylation sites is 1. The molecule has 5 heteroatoms. The van der Waals surface area contributed by atoms with Crippen molar-refractivity contribution in [3.05, 3.63) is 35.9 Å². The number of carboxylic acids is 1. The van der Waals surface area contributed by atoms with E-state index in [2.05, 4.69) is 16.4 Å². The predicted molar refractivity (Wildman–Crippen MR) is 76.4 cm³/mol. The molecule has 0 unspecified atom stereocenters. The van der Waals surface area contributed by atoms with E-state index in [9.17, 15) is 10.1 Å². The normalized spacial score (nSPS) is 11.1. The second-order valence-corrected chi connectivity index (χ2v) is 5.27. The number of nitrogens with one attached hydrogen (secondary N) is 1. The Balaban J connectivity index is 2.43. The van der Waals surface area contributed by atoms with Crippen LogP contribution in [0.25, 0.3) is 10.9 Å². The lowest BCUT2D eigenvalue weighted by Crippen LogP contribution is -2.34. The van der Waals surface area contributed by atoms with E-state index in [0.29, 0.717) is 11.4 Å². The van der Waals surface area contributed by atoms with Crippen LogP contribution in [0.1, 0.15) is 25.8 Å². The van der Waals surface area contributed by atoms with E-state index in [-0.39, 0.29) is 6.42 Å². The number of pyridine rings is 1. The van der Waals surface area contributed by atoms with Gasteiger partial charge in [0.05, 0.1) is 17.5 Å². The van der Waals surface area contributed by atoms with Crippen molar-refractivity contribution in [2.24, 2.45) is 0 Å². The van der Waals surface area contributed by atoms with Crippen molar-refractivity contribution in [3.63, 3.8) is 0 Å². The third-order valence-electron chi connectivity index (χ3n) is 2.89. The van der Waals surface area contributed by atoms with Gasteiger partial charge < -0.3 is 10.4 Å². The van der Waals surface area contributed by atoms with Crippen LogP contribution in [-0.2, 0) is 4.79 Å². The van der Waals surface area contributed by atoms with E-state index in [0.717, 1.165) is 10.9 Å². The first-order valence-corrected chi connectivity index (χ1v) is 6.21. The first kappa shape index (κ1) is 13.8. The quantitative estimate of drug-likeness (QED) is 0.891. The molecule has 2 rings (SSSR count). The maximum Gasteiger partial charge on any atom is 0.305 e. The van der Waals surface area contributed by atoms with Gasteiger partial charge in [0.15, 0.2) is 0 Å². The van der Waals surface area contributed by atoms with Crippen LogP contribution in [0.2, 0.25) is 0 Å². The smallest absolute Gasteiger partial charge is 0.305 e. The number of carbonyl (C=O) groups is 1. The zero-order chi connectivity index (χ0) is 14.8. The molecule has 2 N–H and O–H groups in total. The molecular formula is C15H15N3O2. The molecule has 1 heterocycles. The topological polar surface area (TPSA) is 86.0 Å². The summed E-state index contributed by atoms with van der Waals surface area (Å²) in [4.78, 5) is 15.3. The summed E-state index contributed by atoms with van der Waals surface area (Å²) in [5.41, 5.74) is 0.481. The average Bonchev–Trinajstić information content (AvgIpc) is 2.35. The van der Waals surface area contributed by atoms with Gasteiger partial charge in [-0.15, -0.1) is 0 Å². The summed E-state index contributed by atoms with van der Waals surface area (Å²) in [6, 6.07) is 11.3. The third-order valence-corrected chi connectivity index (χ3v) is 2.89. The van der Waals surface area contributed by atoms with Crippen LogP contribution in [0, 0.1) is 11.3 Å². The standard InChI is InChI=1S/C15H15N3O2/c1-15(2,8-13(19)20)18-14-11(9-16)7-10-5-3-4-6-12(10)17-14/h3-7H,8H2,1-2H3,(H,17,18)(H,19,20). The van der Waals surface area contributed by atoms with Crippen molar-refractivity contribution in [1.82, 2.24) is 4.98 Å². The molecule has 0 fully saturated rings. The number of anilines is 1. The lowest BCUT2D eigenvalue weighted by Gasteiger charge is -2.25. The van der Waals surface area contributed by atoms with Crippen molar-refractivity contribution in [3.8, 4) is 6.07 Å². The van der Waals surface area contributed by atoms with Gasteiger partial charge in [-0.05, 0) is 26.0 Å². The molecule has 102 valence electrons. The number of nitriles is 1. The number of hydrogen-bond donors (Lipinski definition) is 2. The molecule has 2 aromatic rings. The van der Waals surface area contributed by atoms with Gasteiger partial charge in [-0.2, -0.15) is 5.26 Å². The van der Waals surface area contributed by atoms with E-state index < -0.39 is 11.5 Å². The summed E-state index contributed by atoms with van der Waals surface area (Å²) in [5.74, 6) is -0.487. The van der Waals surface area contributed by atoms with Crippen LogP contribution >= 0.6 is 0 Å². The fourth-order valence-corrected chi connectivity index (χ4v) is 2.04. The molecule has 0 aliphatic heterocycles. The highest BCUT2D eigenvalue weighted by molar-refractivity contribution is 5.83. The summed E-state index contributed by atoms with van der Waals surface area (Å²) in [6.45, 7) is 3.53. The zero-order valence-electron chi connectivity index (χ0n) is 11.3. The minimum Gasteiger partial charge on any atom is -0.481 e.